The molecular formula is C5H10BN. The minimum atomic E-state index is 0.667. The van der Waals surface area contributed by atoms with Crippen molar-refractivity contribution in [3.05, 3.63) is 12.1 Å². The predicted octanol–water partition coefficient (Wildman–Crippen LogP) is 0.648. The van der Waals surface area contributed by atoms with E-state index in [9.17, 15) is 0 Å². The molecular weight excluding hydrogens is 84.9 g/mol. The molecule has 0 aromatic rings. The fraction of sp³-hybridized carbons (Fsp3) is 0.600. The Morgan fingerprint density at radius 1 is 1.71 bits per heavy atom. The highest BCUT2D eigenvalue weighted by Gasteiger charge is 2.12. The molecule has 0 saturated heterocycles. The van der Waals surface area contributed by atoms with Gasteiger partial charge in [0.15, 0.2) is 0 Å². The molecule has 38 valence electrons. The van der Waals surface area contributed by atoms with E-state index in [1.54, 1.807) is 0 Å². The lowest BCUT2D eigenvalue weighted by Crippen LogP contribution is -2.26. The first-order valence-electron chi connectivity index (χ1n) is 2.67. The Hall–Kier alpha value is -0.235. The van der Waals surface area contributed by atoms with Crippen LogP contribution in [0.2, 0.25) is 6.82 Å². The molecule has 0 bridgehead atoms. The van der Waals surface area contributed by atoms with Crippen LogP contribution in [0.4, 0.5) is 0 Å². The summed E-state index contributed by atoms with van der Waals surface area (Å²) in [4.78, 5) is 2.29. The van der Waals surface area contributed by atoms with Crippen LogP contribution < -0.4 is 0 Å². The maximum Gasteiger partial charge on any atom is 0.246 e. The zero-order chi connectivity index (χ0) is 5.28. The van der Waals surface area contributed by atoms with Gasteiger partial charge < -0.3 is 4.81 Å². The summed E-state index contributed by atoms with van der Waals surface area (Å²) >= 11 is 0. The van der Waals surface area contributed by atoms with Crippen LogP contribution >= 0.6 is 0 Å². The predicted molar refractivity (Wildman–Crippen MR) is 33.4 cm³/mol. The Kier molecular flexibility index (Phi) is 1.20. The SMILES string of the molecule is CB1C=CCN1C. The highest BCUT2D eigenvalue weighted by Crippen LogP contribution is 1.99. The third-order valence-corrected chi connectivity index (χ3v) is 1.50. The topological polar surface area (TPSA) is 3.24 Å². The second-order valence-corrected chi connectivity index (χ2v) is 2.11. The Balaban J connectivity index is 2.45. The lowest BCUT2D eigenvalue weighted by Gasteiger charge is -2.09. The van der Waals surface area contributed by atoms with Crippen molar-refractivity contribution in [2.24, 2.45) is 0 Å². The summed E-state index contributed by atoms with van der Waals surface area (Å²) < 4.78 is 0. The Morgan fingerprint density at radius 2 is 2.43 bits per heavy atom. The second kappa shape index (κ2) is 1.70. The number of likely N-dealkylation sites (N-methyl/N-ethyl adjacent to an activating group) is 1. The zero-order valence-electron chi connectivity index (χ0n) is 4.89. The lowest BCUT2D eigenvalue weighted by molar-refractivity contribution is 0.604. The molecule has 2 heteroatoms. The van der Waals surface area contributed by atoms with Gasteiger partial charge in [-0.25, -0.2) is 0 Å². The van der Waals surface area contributed by atoms with E-state index in [0.717, 1.165) is 6.54 Å². The van der Waals surface area contributed by atoms with Gasteiger partial charge in [-0.3, -0.25) is 0 Å². The van der Waals surface area contributed by atoms with Gasteiger partial charge >= 0.3 is 0 Å². The monoisotopic (exact) mass is 95.1 g/mol. The molecule has 0 spiro atoms. The number of rotatable bonds is 0. The van der Waals surface area contributed by atoms with Crippen molar-refractivity contribution in [1.29, 1.82) is 0 Å². The summed E-state index contributed by atoms with van der Waals surface area (Å²) in [5.41, 5.74) is 0. The molecule has 0 aromatic carbocycles. The van der Waals surface area contributed by atoms with E-state index in [1.165, 1.54) is 0 Å². The van der Waals surface area contributed by atoms with Gasteiger partial charge in [-0.2, -0.15) is 0 Å². The quantitative estimate of drug-likeness (QED) is 0.399. The fourth-order valence-corrected chi connectivity index (χ4v) is 0.737. The molecule has 0 amide bonds. The zero-order valence-corrected chi connectivity index (χ0v) is 4.89. The molecule has 1 nitrogen and oxygen atoms in total. The molecule has 1 rings (SSSR count). The van der Waals surface area contributed by atoms with Gasteiger partial charge in [-0.1, -0.05) is 12.9 Å². The van der Waals surface area contributed by atoms with Crippen LogP contribution in [0.1, 0.15) is 0 Å². The fourth-order valence-electron chi connectivity index (χ4n) is 0.737. The minimum Gasteiger partial charge on any atom is -0.338 e. The van der Waals surface area contributed by atoms with Crippen molar-refractivity contribution in [2.75, 3.05) is 13.6 Å². The maximum absolute atomic E-state index is 2.29. The summed E-state index contributed by atoms with van der Waals surface area (Å²) in [6, 6.07) is 0. The summed E-state index contributed by atoms with van der Waals surface area (Å²) in [6.45, 7) is 3.99. The number of hydrogen-bond donors (Lipinski definition) is 0. The van der Waals surface area contributed by atoms with E-state index in [1.807, 2.05) is 0 Å². The molecule has 0 unspecified atom stereocenters. The van der Waals surface area contributed by atoms with Crippen LogP contribution in [-0.2, 0) is 0 Å². The molecule has 0 atom stereocenters. The standard InChI is InChI=1S/C5H10BN/c1-6-4-3-5-7(6)2/h3-4H,5H2,1-2H3. The Labute approximate surface area is 45.1 Å². The Morgan fingerprint density at radius 3 is 2.57 bits per heavy atom. The maximum atomic E-state index is 2.29. The van der Waals surface area contributed by atoms with E-state index in [2.05, 4.69) is 30.7 Å². The minimum absolute atomic E-state index is 0.667. The van der Waals surface area contributed by atoms with Gasteiger partial charge in [0.05, 0.1) is 0 Å². The first-order chi connectivity index (χ1) is 3.30. The van der Waals surface area contributed by atoms with Gasteiger partial charge in [-0.15, -0.1) is 5.98 Å². The van der Waals surface area contributed by atoms with Gasteiger partial charge in [0, 0.05) is 6.54 Å². The molecule has 1 aliphatic rings. The Bertz CT molecular complexity index is 90.1. The average molecular weight is 95.0 g/mol. The van der Waals surface area contributed by atoms with Gasteiger partial charge in [0.25, 0.3) is 0 Å². The summed E-state index contributed by atoms with van der Waals surface area (Å²) in [7, 11) is 2.13. The summed E-state index contributed by atoms with van der Waals surface area (Å²) in [5.74, 6) is 2.22. The van der Waals surface area contributed by atoms with Crippen LogP contribution in [-0.4, -0.2) is 25.3 Å². The largest absolute Gasteiger partial charge is 0.338 e. The highest BCUT2D eigenvalue weighted by molar-refractivity contribution is 6.60. The van der Waals surface area contributed by atoms with Crippen molar-refractivity contribution in [3.63, 3.8) is 0 Å². The molecule has 1 aliphatic heterocycles. The molecule has 0 saturated carbocycles. The smallest absolute Gasteiger partial charge is 0.246 e. The van der Waals surface area contributed by atoms with Crippen LogP contribution in [0, 0.1) is 0 Å². The van der Waals surface area contributed by atoms with Gasteiger partial charge in [0.2, 0.25) is 6.85 Å². The lowest BCUT2D eigenvalue weighted by atomic mass is 9.66. The molecule has 0 aromatic heterocycles. The second-order valence-electron chi connectivity index (χ2n) is 2.11. The van der Waals surface area contributed by atoms with E-state index in [-0.39, 0.29) is 0 Å². The molecule has 0 N–H and O–H groups in total. The van der Waals surface area contributed by atoms with Crippen molar-refractivity contribution < 1.29 is 0 Å². The normalized spacial score (nSPS) is 21.7. The molecule has 1 heterocycles. The molecule has 0 radical (unpaired) electrons. The first-order valence-corrected chi connectivity index (χ1v) is 2.67. The first kappa shape index (κ1) is 4.91. The van der Waals surface area contributed by atoms with Crippen molar-refractivity contribution in [2.45, 2.75) is 6.82 Å². The van der Waals surface area contributed by atoms with Gasteiger partial charge in [0.1, 0.15) is 0 Å². The molecule has 7 heavy (non-hydrogen) atoms. The van der Waals surface area contributed by atoms with E-state index in [4.69, 9.17) is 0 Å². The summed E-state index contributed by atoms with van der Waals surface area (Å²) in [5, 5.41) is 0. The van der Waals surface area contributed by atoms with Crippen LogP contribution in [0.15, 0.2) is 12.1 Å². The van der Waals surface area contributed by atoms with E-state index < -0.39 is 0 Å². The summed E-state index contributed by atoms with van der Waals surface area (Å²) in [6.07, 6.45) is 2.20. The van der Waals surface area contributed by atoms with E-state index in [0.29, 0.717) is 6.85 Å². The number of hydrogen-bond acceptors (Lipinski definition) is 1. The average Bonchev–Trinajstić information content (AvgIpc) is 1.91. The van der Waals surface area contributed by atoms with Crippen LogP contribution in [0.5, 0.6) is 0 Å². The highest BCUT2D eigenvalue weighted by atomic mass is 15.0. The van der Waals surface area contributed by atoms with Crippen molar-refractivity contribution in [3.8, 4) is 0 Å². The van der Waals surface area contributed by atoms with Gasteiger partial charge in [-0.05, 0) is 7.05 Å². The van der Waals surface area contributed by atoms with Crippen molar-refractivity contribution >= 4 is 6.85 Å². The van der Waals surface area contributed by atoms with E-state index >= 15 is 0 Å². The third-order valence-electron chi connectivity index (χ3n) is 1.50. The molecule has 0 aliphatic carbocycles. The number of nitrogens with zero attached hydrogens (tertiary/aromatic N) is 1. The third kappa shape index (κ3) is 0.857. The molecule has 0 fully saturated rings. The van der Waals surface area contributed by atoms with Crippen LogP contribution in [0.3, 0.4) is 0 Å². The van der Waals surface area contributed by atoms with Crippen LogP contribution in [0.25, 0.3) is 0 Å². The van der Waals surface area contributed by atoms with Crippen molar-refractivity contribution in [1.82, 2.24) is 4.81 Å².